The van der Waals surface area contributed by atoms with Gasteiger partial charge in [0.15, 0.2) is 0 Å². The van der Waals surface area contributed by atoms with E-state index in [0.717, 1.165) is 17.0 Å². The Hall–Kier alpha value is -3.43. The van der Waals surface area contributed by atoms with Gasteiger partial charge in [-0.15, -0.1) is 13.2 Å². The maximum atomic E-state index is 12.2. The van der Waals surface area contributed by atoms with Crippen molar-refractivity contribution in [1.29, 1.82) is 0 Å². The highest BCUT2D eigenvalue weighted by Gasteiger charge is 2.36. The zero-order valence-corrected chi connectivity index (χ0v) is 14.3. The molecule has 1 aromatic carbocycles. The van der Waals surface area contributed by atoms with Crippen molar-refractivity contribution >= 4 is 23.4 Å². The maximum Gasteiger partial charge on any atom is 0.573 e. The van der Waals surface area contributed by atoms with Gasteiger partial charge in [-0.05, 0) is 42.8 Å². The Morgan fingerprint density at radius 2 is 1.82 bits per heavy atom. The Bertz CT molecular complexity index is 878. The molecule has 0 saturated carbocycles. The normalized spacial score (nSPS) is 13.5. The quantitative estimate of drug-likeness (QED) is 0.763. The van der Waals surface area contributed by atoms with Crippen LogP contribution in [0.25, 0.3) is 0 Å². The van der Waals surface area contributed by atoms with Crippen LogP contribution >= 0.6 is 0 Å². The lowest BCUT2D eigenvalue weighted by Gasteiger charge is -2.13. The first-order valence-corrected chi connectivity index (χ1v) is 8.21. The number of ether oxygens (including phenoxy) is 1. The van der Waals surface area contributed by atoms with Crippen molar-refractivity contribution < 1.29 is 32.3 Å². The van der Waals surface area contributed by atoms with Gasteiger partial charge in [0.05, 0.1) is 5.56 Å². The summed E-state index contributed by atoms with van der Waals surface area (Å²) in [7, 11) is 0. The Morgan fingerprint density at radius 3 is 2.46 bits per heavy atom. The van der Waals surface area contributed by atoms with Crippen LogP contribution in [0.15, 0.2) is 42.6 Å². The Labute approximate surface area is 157 Å². The molecule has 0 spiro atoms. The van der Waals surface area contributed by atoms with Crippen LogP contribution in [0, 0.1) is 0 Å². The predicted octanol–water partition coefficient (Wildman–Crippen LogP) is 3.00. The number of halogens is 3. The summed E-state index contributed by atoms with van der Waals surface area (Å²) in [6, 6.07) is 7.78. The van der Waals surface area contributed by atoms with Crippen molar-refractivity contribution in [3.63, 3.8) is 0 Å². The van der Waals surface area contributed by atoms with Crippen LogP contribution in [0.4, 0.5) is 18.9 Å². The number of alkyl halides is 3. The smallest absolute Gasteiger partial charge is 0.406 e. The molecule has 7 nitrogen and oxygen atoms in total. The maximum absolute atomic E-state index is 12.2. The number of nitrogens with zero attached hydrogens (tertiary/aromatic N) is 2. The van der Waals surface area contributed by atoms with Crippen molar-refractivity contribution in [2.45, 2.75) is 19.2 Å². The molecule has 10 heteroatoms. The highest BCUT2D eigenvalue weighted by atomic mass is 19.4. The third-order valence-corrected chi connectivity index (χ3v) is 3.89. The second-order valence-electron chi connectivity index (χ2n) is 5.89. The van der Waals surface area contributed by atoms with Crippen LogP contribution in [0.3, 0.4) is 0 Å². The molecule has 0 radical (unpaired) electrons. The van der Waals surface area contributed by atoms with Crippen molar-refractivity contribution in [1.82, 2.24) is 9.88 Å². The fraction of sp³-hybridized carbons (Fsp3) is 0.222. The summed E-state index contributed by atoms with van der Waals surface area (Å²) >= 11 is 0. The summed E-state index contributed by atoms with van der Waals surface area (Å²) in [5.41, 5.74) is 0.626. The van der Waals surface area contributed by atoms with Gasteiger partial charge >= 0.3 is 6.36 Å². The standard InChI is InChI=1S/C18H14F3N3O4/c19-18(20,21)28-12-7-5-11(6-8-12)23-14(25)4-2-10-24-16(26)13-3-1-9-22-15(13)17(24)27/h1,3,5-9H,2,4,10H2,(H,23,25). The molecular weight excluding hydrogens is 379 g/mol. The molecule has 2 heterocycles. The first kappa shape index (κ1) is 19.3. The number of benzene rings is 1. The second-order valence-corrected chi connectivity index (χ2v) is 5.89. The zero-order chi connectivity index (χ0) is 20.3. The van der Waals surface area contributed by atoms with Crippen molar-refractivity contribution in [3.05, 3.63) is 53.9 Å². The van der Waals surface area contributed by atoms with Gasteiger partial charge in [-0.2, -0.15) is 0 Å². The SMILES string of the molecule is O=C(CCCN1C(=O)c2cccnc2C1=O)Nc1ccc(OC(F)(F)F)cc1. The Balaban J connectivity index is 1.48. The lowest BCUT2D eigenvalue weighted by atomic mass is 10.2. The summed E-state index contributed by atoms with van der Waals surface area (Å²) in [6.07, 6.45) is -3.12. The summed E-state index contributed by atoms with van der Waals surface area (Å²) in [5, 5.41) is 2.52. The fourth-order valence-electron chi connectivity index (χ4n) is 2.68. The van der Waals surface area contributed by atoms with Crippen LogP contribution in [0.5, 0.6) is 5.75 Å². The molecule has 28 heavy (non-hydrogen) atoms. The minimum absolute atomic E-state index is 0.0155. The number of nitrogens with one attached hydrogen (secondary N) is 1. The molecule has 3 amide bonds. The molecule has 146 valence electrons. The van der Waals surface area contributed by atoms with E-state index in [1.54, 1.807) is 6.07 Å². The van der Waals surface area contributed by atoms with E-state index in [0.29, 0.717) is 5.69 Å². The average molecular weight is 393 g/mol. The lowest BCUT2D eigenvalue weighted by Crippen LogP contribution is -2.31. The van der Waals surface area contributed by atoms with E-state index in [2.05, 4.69) is 15.0 Å². The fourth-order valence-corrected chi connectivity index (χ4v) is 2.68. The van der Waals surface area contributed by atoms with Gasteiger partial charge < -0.3 is 10.1 Å². The molecule has 0 bridgehead atoms. The summed E-state index contributed by atoms with van der Waals surface area (Å²) in [5.74, 6) is -1.75. The Morgan fingerprint density at radius 1 is 1.11 bits per heavy atom. The van der Waals surface area contributed by atoms with Gasteiger partial charge in [0.1, 0.15) is 11.4 Å². The lowest BCUT2D eigenvalue weighted by molar-refractivity contribution is -0.274. The molecular formula is C18H14F3N3O4. The summed E-state index contributed by atoms with van der Waals surface area (Å²) < 4.78 is 40.1. The number of pyridine rings is 1. The molecule has 0 saturated heterocycles. The second kappa shape index (κ2) is 7.67. The molecule has 1 aliphatic heterocycles. The zero-order valence-electron chi connectivity index (χ0n) is 14.3. The van der Waals surface area contributed by atoms with Crippen LogP contribution in [0.2, 0.25) is 0 Å². The van der Waals surface area contributed by atoms with Crippen LogP contribution in [0.1, 0.15) is 33.7 Å². The monoisotopic (exact) mass is 393 g/mol. The summed E-state index contributed by atoms with van der Waals surface area (Å²) in [4.78, 5) is 41.2. The molecule has 2 aromatic rings. The molecule has 3 rings (SSSR count). The molecule has 0 atom stereocenters. The molecule has 0 fully saturated rings. The number of rotatable bonds is 6. The number of anilines is 1. The first-order valence-electron chi connectivity index (χ1n) is 8.21. The number of hydrogen-bond acceptors (Lipinski definition) is 5. The topological polar surface area (TPSA) is 88.6 Å². The molecule has 0 aliphatic carbocycles. The highest BCUT2D eigenvalue weighted by molar-refractivity contribution is 6.20. The largest absolute Gasteiger partial charge is 0.573 e. The minimum atomic E-state index is -4.79. The number of carbonyl (C=O) groups is 3. The number of fused-ring (bicyclic) bond motifs is 1. The van der Waals surface area contributed by atoms with E-state index in [1.807, 2.05) is 0 Å². The summed E-state index contributed by atoms with van der Waals surface area (Å²) in [6.45, 7) is 0.0554. The third-order valence-electron chi connectivity index (χ3n) is 3.89. The van der Waals surface area contributed by atoms with E-state index >= 15 is 0 Å². The van der Waals surface area contributed by atoms with Crippen LogP contribution in [-0.4, -0.2) is 40.5 Å². The number of aromatic nitrogens is 1. The molecule has 1 N–H and O–H groups in total. The van der Waals surface area contributed by atoms with Gasteiger partial charge in [0.25, 0.3) is 11.8 Å². The average Bonchev–Trinajstić information content (AvgIpc) is 2.87. The van der Waals surface area contributed by atoms with Crippen molar-refractivity contribution in [3.8, 4) is 5.75 Å². The number of hydrogen-bond donors (Lipinski definition) is 1. The molecule has 1 aromatic heterocycles. The molecule has 0 unspecified atom stereocenters. The number of imide groups is 1. The van der Waals surface area contributed by atoms with E-state index in [4.69, 9.17) is 0 Å². The van der Waals surface area contributed by atoms with Gasteiger partial charge in [0.2, 0.25) is 5.91 Å². The predicted molar refractivity (Wildman–Crippen MR) is 90.6 cm³/mol. The Kier molecular flexibility index (Phi) is 5.30. The van der Waals surface area contributed by atoms with Crippen LogP contribution < -0.4 is 10.1 Å². The first-order chi connectivity index (χ1) is 13.2. The van der Waals surface area contributed by atoms with Gasteiger partial charge in [0, 0.05) is 24.8 Å². The van der Waals surface area contributed by atoms with Crippen LogP contribution in [-0.2, 0) is 4.79 Å². The van der Waals surface area contributed by atoms with Gasteiger partial charge in [-0.1, -0.05) is 0 Å². The number of amides is 3. The van der Waals surface area contributed by atoms with Crippen molar-refractivity contribution in [2.24, 2.45) is 0 Å². The van der Waals surface area contributed by atoms with E-state index in [-0.39, 0.29) is 30.6 Å². The van der Waals surface area contributed by atoms with E-state index in [9.17, 15) is 27.6 Å². The van der Waals surface area contributed by atoms with Gasteiger partial charge in [-0.3, -0.25) is 24.3 Å². The third kappa shape index (κ3) is 4.45. The van der Waals surface area contributed by atoms with Crippen molar-refractivity contribution in [2.75, 3.05) is 11.9 Å². The highest BCUT2D eigenvalue weighted by Crippen LogP contribution is 2.24. The number of carbonyl (C=O) groups excluding carboxylic acids is 3. The van der Waals surface area contributed by atoms with E-state index in [1.165, 1.54) is 24.4 Å². The van der Waals surface area contributed by atoms with E-state index < -0.39 is 29.8 Å². The minimum Gasteiger partial charge on any atom is -0.406 e. The van der Waals surface area contributed by atoms with Gasteiger partial charge in [-0.25, -0.2) is 0 Å². The molecule has 1 aliphatic rings.